The summed E-state index contributed by atoms with van der Waals surface area (Å²) < 4.78 is 11.1. The van der Waals surface area contributed by atoms with Gasteiger partial charge in [0.2, 0.25) is 0 Å². The third-order valence-corrected chi connectivity index (χ3v) is 3.59. The summed E-state index contributed by atoms with van der Waals surface area (Å²) in [6.07, 6.45) is 4.74. The van der Waals surface area contributed by atoms with Crippen LogP contribution in [0.15, 0.2) is 0 Å². The first-order valence-electron chi connectivity index (χ1n) is 6.19. The zero-order chi connectivity index (χ0) is 11.4. The molecule has 0 spiro atoms. The molecule has 0 radical (unpaired) electrons. The molecular formula is C12H20O4. The third-order valence-electron chi connectivity index (χ3n) is 3.59. The maximum absolute atomic E-state index is 11.1. The number of aliphatic carboxylic acids is 1. The second kappa shape index (κ2) is 5.64. The maximum Gasteiger partial charge on any atom is 0.309 e. The van der Waals surface area contributed by atoms with E-state index in [9.17, 15) is 4.79 Å². The molecule has 0 aromatic rings. The molecular weight excluding hydrogens is 208 g/mol. The van der Waals surface area contributed by atoms with Crippen molar-refractivity contribution in [1.82, 2.24) is 0 Å². The van der Waals surface area contributed by atoms with Gasteiger partial charge in [-0.25, -0.2) is 0 Å². The van der Waals surface area contributed by atoms with Gasteiger partial charge in [-0.2, -0.15) is 0 Å². The molecule has 16 heavy (non-hydrogen) atoms. The number of hydrogen-bond donors (Lipinski definition) is 1. The number of hydrogen-bond acceptors (Lipinski definition) is 3. The van der Waals surface area contributed by atoms with E-state index in [1.165, 1.54) is 0 Å². The number of carboxylic acids is 1. The van der Waals surface area contributed by atoms with Crippen molar-refractivity contribution in [2.75, 3.05) is 19.8 Å². The van der Waals surface area contributed by atoms with E-state index >= 15 is 0 Å². The van der Waals surface area contributed by atoms with Crippen molar-refractivity contribution in [2.45, 2.75) is 38.2 Å². The Labute approximate surface area is 95.9 Å². The standard InChI is InChI=1S/C12H20O4/c13-12(14)10-3-1-2-4-11(10)16-8-9-5-6-15-7-9/h9-11H,1-8H2,(H,13,14). The maximum atomic E-state index is 11.1. The van der Waals surface area contributed by atoms with Gasteiger partial charge in [-0.15, -0.1) is 0 Å². The van der Waals surface area contributed by atoms with Crippen molar-refractivity contribution >= 4 is 5.97 Å². The Morgan fingerprint density at radius 1 is 1.31 bits per heavy atom. The number of carboxylic acid groups (broad SMARTS) is 1. The molecule has 2 fully saturated rings. The molecule has 0 bridgehead atoms. The first kappa shape index (κ1) is 11.9. The van der Waals surface area contributed by atoms with E-state index in [0.29, 0.717) is 12.5 Å². The Balaban J connectivity index is 1.78. The van der Waals surface area contributed by atoms with Crippen molar-refractivity contribution in [3.05, 3.63) is 0 Å². The Morgan fingerprint density at radius 3 is 2.81 bits per heavy atom. The minimum atomic E-state index is -0.702. The summed E-state index contributed by atoms with van der Waals surface area (Å²) in [6, 6.07) is 0. The van der Waals surface area contributed by atoms with Crippen molar-refractivity contribution < 1.29 is 19.4 Å². The summed E-state index contributed by atoms with van der Waals surface area (Å²) in [4.78, 5) is 11.1. The van der Waals surface area contributed by atoms with E-state index in [0.717, 1.165) is 45.3 Å². The smallest absolute Gasteiger partial charge is 0.309 e. The quantitative estimate of drug-likeness (QED) is 0.795. The lowest BCUT2D eigenvalue weighted by Gasteiger charge is -2.29. The molecule has 1 heterocycles. The Hall–Kier alpha value is -0.610. The second-order valence-corrected chi connectivity index (χ2v) is 4.83. The van der Waals surface area contributed by atoms with Crippen LogP contribution in [0.4, 0.5) is 0 Å². The largest absolute Gasteiger partial charge is 0.481 e. The van der Waals surface area contributed by atoms with Crippen LogP contribution in [-0.4, -0.2) is 37.0 Å². The van der Waals surface area contributed by atoms with Crippen LogP contribution in [0.25, 0.3) is 0 Å². The minimum absolute atomic E-state index is 0.0770. The van der Waals surface area contributed by atoms with Gasteiger partial charge in [-0.05, 0) is 19.3 Å². The number of ether oxygens (including phenoxy) is 2. The van der Waals surface area contributed by atoms with Crippen LogP contribution in [0.5, 0.6) is 0 Å². The molecule has 1 saturated carbocycles. The number of carbonyl (C=O) groups is 1. The van der Waals surface area contributed by atoms with Gasteiger partial charge in [0.1, 0.15) is 0 Å². The lowest BCUT2D eigenvalue weighted by Crippen LogP contribution is -2.34. The molecule has 0 aromatic heterocycles. The predicted molar refractivity (Wildman–Crippen MR) is 58.3 cm³/mol. The van der Waals surface area contributed by atoms with Crippen molar-refractivity contribution in [2.24, 2.45) is 11.8 Å². The molecule has 3 unspecified atom stereocenters. The topological polar surface area (TPSA) is 55.8 Å². The third kappa shape index (κ3) is 2.95. The van der Waals surface area contributed by atoms with Crippen molar-refractivity contribution in [1.29, 1.82) is 0 Å². The summed E-state index contributed by atoms with van der Waals surface area (Å²) in [5.41, 5.74) is 0. The SMILES string of the molecule is O=C(O)C1CCCCC1OCC1CCOC1. The van der Waals surface area contributed by atoms with Gasteiger partial charge in [0.05, 0.1) is 25.2 Å². The summed E-state index contributed by atoms with van der Waals surface area (Å²) in [7, 11) is 0. The first-order valence-corrected chi connectivity index (χ1v) is 6.19. The van der Waals surface area contributed by atoms with Crippen LogP contribution in [0.2, 0.25) is 0 Å². The lowest BCUT2D eigenvalue weighted by atomic mass is 9.86. The van der Waals surface area contributed by atoms with Crippen LogP contribution in [0.1, 0.15) is 32.1 Å². The van der Waals surface area contributed by atoms with Gasteiger partial charge >= 0.3 is 5.97 Å². The van der Waals surface area contributed by atoms with Crippen LogP contribution in [0, 0.1) is 11.8 Å². The van der Waals surface area contributed by atoms with E-state index in [1.807, 2.05) is 0 Å². The van der Waals surface area contributed by atoms with E-state index in [1.54, 1.807) is 0 Å². The number of rotatable bonds is 4. The molecule has 0 aromatic carbocycles. The van der Waals surface area contributed by atoms with Gasteiger partial charge < -0.3 is 14.6 Å². The summed E-state index contributed by atoms with van der Waals surface area (Å²) in [5, 5.41) is 9.10. The Bertz CT molecular complexity index is 235. The summed E-state index contributed by atoms with van der Waals surface area (Å²) >= 11 is 0. The Morgan fingerprint density at radius 2 is 2.12 bits per heavy atom. The zero-order valence-electron chi connectivity index (χ0n) is 9.56. The van der Waals surface area contributed by atoms with Crippen LogP contribution < -0.4 is 0 Å². The molecule has 2 aliphatic rings. The average molecular weight is 228 g/mol. The van der Waals surface area contributed by atoms with Gasteiger partial charge in [-0.3, -0.25) is 4.79 Å². The molecule has 4 nitrogen and oxygen atoms in total. The molecule has 3 atom stereocenters. The molecule has 4 heteroatoms. The summed E-state index contributed by atoms with van der Waals surface area (Å²) in [6.45, 7) is 2.25. The average Bonchev–Trinajstić information content (AvgIpc) is 2.79. The van der Waals surface area contributed by atoms with Gasteiger partial charge in [0.25, 0.3) is 0 Å². The zero-order valence-corrected chi connectivity index (χ0v) is 9.56. The fourth-order valence-electron chi connectivity index (χ4n) is 2.55. The van der Waals surface area contributed by atoms with Crippen molar-refractivity contribution in [3.63, 3.8) is 0 Å². The van der Waals surface area contributed by atoms with Crippen LogP contribution in [-0.2, 0) is 14.3 Å². The van der Waals surface area contributed by atoms with E-state index < -0.39 is 5.97 Å². The monoisotopic (exact) mass is 228 g/mol. The fourth-order valence-corrected chi connectivity index (χ4v) is 2.55. The van der Waals surface area contributed by atoms with Crippen molar-refractivity contribution in [3.8, 4) is 0 Å². The lowest BCUT2D eigenvalue weighted by molar-refractivity contribution is -0.150. The van der Waals surface area contributed by atoms with Gasteiger partial charge in [0, 0.05) is 12.5 Å². The second-order valence-electron chi connectivity index (χ2n) is 4.83. The molecule has 1 aliphatic carbocycles. The molecule has 0 amide bonds. The van der Waals surface area contributed by atoms with E-state index in [-0.39, 0.29) is 12.0 Å². The molecule has 92 valence electrons. The summed E-state index contributed by atoms with van der Waals surface area (Å²) in [5.74, 6) is -0.528. The normalized spacial score (nSPS) is 35.1. The minimum Gasteiger partial charge on any atom is -0.481 e. The predicted octanol–water partition coefficient (Wildman–Crippen LogP) is 1.68. The van der Waals surface area contributed by atoms with Gasteiger partial charge in [-0.1, -0.05) is 12.8 Å². The highest BCUT2D eigenvalue weighted by Crippen LogP contribution is 2.28. The van der Waals surface area contributed by atoms with E-state index in [4.69, 9.17) is 14.6 Å². The molecule has 1 N–H and O–H groups in total. The molecule has 1 aliphatic heterocycles. The molecule has 2 rings (SSSR count). The fraction of sp³-hybridized carbons (Fsp3) is 0.917. The Kier molecular flexibility index (Phi) is 4.18. The highest BCUT2D eigenvalue weighted by molar-refractivity contribution is 5.70. The van der Waals surface area contributed by atoms with Crippen LogP contribution >= 0.6 is 0 Å². The molecule has 1 saturated heterocycles. The highest BCUT2D eigenvalue weighted by atomic mass is 16.5. The van der Waals surface area contributed by atoms with Gasteiger partial charge in [0.15, 0.2) is 0 Å². The first-order chi connectivity index (χ1) is 7.77. The van der Waals surface area contributed by atoms with E-state index in [2.05, 4.69) is 0 Å². The van der Waals surface area contributed by atoms with Crippen LogP contribution in [0.3, 0.4) is 0 Å². The highest BCUT2D eigenvalue weighted by Gasteiger charge is 2.32.